The summed E-state index contributed by atoms with van der Waals surface area (Å²) in [6.45, 7) is 2.15. The molecule has 28 heavy (non-hydrogen) atoms. The van der Waals surface area contributed by atoms with E-state index in [0.717, 1.165) is 12.0 Å². The van der Waals surface area contributed by atoms with Crippen LogP contribution in [-0.4, -0.2) is 48.2 Å². The fraction of sp³-hybridized carbons (Fsp3) is 0.318. The van der Waals surface area contributed by atoms with Gasteiger partial charge in [-0.1, -0.05) is 30.3 Å². The highest BCUT2D eigenvalue weighted by atomic mass is 16.2. The molecular weight excluding hydrogens is 354 g/mol. The number of nitrogens with one attached hydrogen (secondary N) is 1. The van der Waals surface area contributed by atoms with E-state index in [0.29, 0.717) is 17.8 Å². The summed E-state index contributed by atoms with van der Waals surface area (Å²) >= 11 is 0. The minimum Gasteiger partial charge on any atom is -0.345 e. The number of amides is 3. The third-order valence-electron chi connectivity index (χ3n) is 5.00. The monoisotopic (exact) mass is 379 g/mol. The first-order valence-corrected chi connectivity index (χ1v) is 9.33. The van der Waals surface area contributed by atoms with Crippen LogP contribution in [0.3, 0.4) is 0 Å². The maximum absolute atomic E-state index is 12.7. The Bertz CT molecular complexity index is 907. The van der Waals surface area contributed by atoms with E-state index in [1.54, 1.807) is 43.3 Å². The molecule has 6 nitrogen and oxygen atoms in total. The van der Waals surface area contributed by atoms with E-state index in [2.05, 4.69) is 5.32 Å². The summed E-state index contributed by atoms with van der Waals surface area (Å²) in [4.78, 5) is 40.2. The molecule has 0 bridgehead atoms. The maximum Gasteiger partial charge on any atom is 0.253 e. The number of rotatable bonds is 4. The number of carbonyl (C=O) groups is 3. The number of benzene rings is 2. The second-order valence-electron chi connectivity index (χ2n) is 7.21. The standard InChI is InChI=1S/C22H25N3O3/c1-15(26)25-12-11-16-7-4-5-10-19(16)20(25)14-21(27)23-18-9-6-8-17(13-18)22(28)24(2)3/h4-10,13,20H,11-12,14H2,1-3H3,(H,23,27). The average molecular weight is 379 g/mol. The zero-order valence-electron chi connectivity index (χ0n) is 16.4. The Balaban J connectivity index is 1.78. The van der Waals surface area contributed by atoms with E-state index in [1.165, 1.54) is 17.4 Å². The van der Waals surface area contributed by atoms with Crippen molar-refractivity contribution in [2.24, 2.45) is 0 Å². The van der Waals surface area contributed by atoms with Crippen LogP contribution >= 0.6 is 0 Å². The molecule has 0 radical (unpaired) electrons. The summed E-state index contributed by atoms with van der Waals surface area (Å²) in [5, 5.41) is 2.87. The van der Waals surface area contributed by atoms with E-state index in [9.17, 15) is 14.4 Å². The third-order valence-corrected chi connectivity index (χ3v) is 5.00. The summed E-state index contributed by atoms with van der Waals surface area (Å²) in [5.74, 6) is -0.353. The smallest absolute Gasteiger partial charge is 0.253 e. The molecule has 1 unspecified atom stereocenters. The Morgan fingerprint density at radius 1 is 1.11 bits per heavy atom. The van der Waals surface area contributed by atoms with Gasteiger partial charge in [-0.05, 0) is 35.7 Å². The van der Waals surface area contributed by atoms with Gasteiger partial charge in [0.25, 0.3) is 5.91 Å². The molecule has 3 amide bonds. The molecule has 1 heterocycles. The van der Waals surface area contributed by atoms with Gasteiger partial charge in [-0.15, -0.1) is 0 Å². The predicted octanol–water partition coefficient (Wildman–Crippen LogP) is 2.86. The number of anilines is 1. The van der Waals surface area contributed by atoms with E-state index >= 15 is 0 Å². The van der Waals surface area contributed by atoms with Crippen LogP contribution in [0.5, 0.6) is 0 Å². The predicted molar refractivity (Wildman–Crippen MR) is 108 cm³/mol. The average Bonchev–Trinajstić information content (AvgIpc) is 2.67. The van der Waals surface area contributed by atoms with Crippen LogP contribution in [-0.2, 0) is 16.0 Å². The Morgan fingerprint density at radius 3 is 2.57 bits per heavy atom. The van der Waals surface area contributed by atoms with Crippen molar-refractivity contribution in [3.63, 3.8) is 0 Å². The molecule has 0 fully saturated rings. The molecule has 2 aromatic carbocycles. The molecule has 0 aromatic heterocycles. The third kappa shape index (κ3) is 4.22. The fourth-order valence-electron chi connectivity index (χ4n) is 3.62. The number of hydrogen-bond donors (Lipinski definition) is 1. The first kappa shape index (κ1) is 19.6. The van der Waals surface area contributed by atoms with Crippen molar-refractivity contribution in [2.75, 3.05) is 26.0 Å². The lowest BCUT2D eigenvalue weighted by Crippen LogP contribution is -2.40. The molecule has 6 heteroatoms. The van der Waals surface area contributed by atoms with Gasteiger partial charge in [0, 0.05) is 38.8 Å². The summed E-state index contributed by atoms with van der Waals surface area (Å²) in [6.07, 6.45) is 0.963. The zero-order chi connectivity index (χ0) is 20.3. The Morgan fingerprint density at radius 2 is 1.86 bits per heavy atom. The van der Waals surface area contributed by atoms with Gasteiger partial charge in [-0.25, -0.2) is 0 Å². The molecular formula is C22H25N3O3. The van der Waals surface area contributed by atoms with Crippen LogP contribution in [0.4, 0.5) is 5.69 Å². The van der Waals surface area contributed by atoms with Crippen LogP contribution in [0.25, 0.3) is 0 Å². The summed E-state index contributed by atoms with van der Waals surface area (Å²) in [7, 11) is 3.37. The summed E-state index contributed by atoms with van der Waals surface area (Å²) in [6, 6.07) is 14.5. The number of nitrogens with zero attached hydrogens (tertiary/aromatic N) is 2. The van der Waals surface area contributed by atoms with Gasteiger partial charge in [0.05, 0.1) is 12.5 Å². The lowest BCUT2D eigenvalue weighted by atomic mass is 9.90. The van der Waals surface area contributed by atoms with E-state index in [-0.39, 0.29) is 30.2 Å². The fourth-order valence-corrected chi connectivity index (χ4v) is 3.62. The number of fused-ring (bicyclic) bond motifs is 1. The minimum atomic E-state index is -0.283. The number of hydrogen-bond acceptors (Lipinski definition) is 3. The molecule has 0 aliphatic carbocycles. The maximum atomic E-state index is 12.7. The molecule has 0 spiro atoms. The van der Waals surface area contributed by atoms with E-state index in [1.807, 2.05) is 24.3 Å². The van der Waals surface area contributed by atoms with Crippen LogP contribution in [0.1, 0.15) is 40.9 Å². The normalized spacial score (nSPS) is 15.5. The van der Waals surface area contributed by atoms with Crippen molar-refractivity contribution < 1.29 is 14.4 Å². The van der Waals surface area contributed by atoms with Crippen molar-refractivity contribution in [3.05, 3.63) is 65.2 Å². The largest absolute Gasteiger partial charge is 0.345 e. The van der Waals surface area contributed by atoms with Crippen molar-refractivity contribution in [3.8, 4) is 0 Å². The highest BCUT2D eigenvalue weighted by Gasteiger charge is 2.30. The summed E-state index contributed by atoms with van der Waals surface area (Å²) in [5.41, 5.74) is 3.28. The van der Waals surface area contributed by atoms with Crippen LogP contribution < -0.4 is 5.32 Å². The molecule has 146 valence electrons. The van der Waals surface area contributed by atoms with Gasteiger partial charge in [-0.3, -0.25) is 14.4 Å². The van der Waals surface area contributed by atoms with E-state index in [4.69, 9.17) is 0 Å². The second-order valence-corrected chi connectivity index (χ2v) is 7.21. The Hall–Kier alpha value is -3.15. The molecule has 1 aliphatic rings. The summed E-state index contributed by atoms with van der Waals surface area (Å²) < 4.78 is 0. The van der Waals surface area contributed by atoms with Crippen molar-refractivity contribution in [1.29, 1.82) is 0 Å². The zero-order valence-corrected chi connectivity index (χ0v) is 16.4. The molecule has 0 saturated carbocycles. The van der Waals surface area contributed by atoms with Crippen molar-refractivity contribution in [2.45, 2.75) is 25.8 Å². The topological polar surface area (TPSA) is 69.7 Å². The minimum absolute atomic E-state index is 0.0362. The van der Waals surface area contributed by atoms with Crippen LogP contribution in [0.15, 0.2) is 48.5 Å². The molecule has 3 rings (SSSR count). The van der Waals surface area contributed by atoms with Gasteiger partial charge in [-0.2, -0.15) is 0 Å². The van der Waals surface area contributed by atoms with Crippen molar-refractivity contribution >= 4 is 23.4 Å². The molecule has 1 N–H and O–H groups in total. The lowest BCUT2D eigenvalue weighted by Gasteiger charge is -2.36. The first-order chi connectivity index (χ1) is 13.4. The van der Waals surface area contributed by atoms with Gasteiger partial charge < -0.3 is 15.1 Å². The highest BCUT2D eigenvalue weighted by molar-refractivity contribution is 5.97. The van der Waals surface area contributed by atoms with Gasteiger partial charge in [0.1, 0.15) is 0 Å². The van der Waals surface area contributed by atoms with Gasteiger partial charge in [0.2, 0.25) is 11.8 Å². The first-order valence-electron chi connectivity index (χ1n) is 9.33. The Labute approximate surface area is 165 Å². The second kappa shape index (κ2) is 8.25. The molecule has 1 atom stereocenters. The number of carbonyl (C=O) groups excluding carboxylic acids is 3. The lowest BCUT2D eigenvalue weighted by molar-refractivity contribution is -0.132. The van der Waals surface area contributed by atoms with Gasteiger partial charge in [0.15, 0.2) is 0 Å². The molecule has 0 saturated heterocycles. The van der Waals surface area contributed by atoms with E-state index < -0.39 is 0 Å². The quantitative estimate of drug-likeness (QED) is 0.888. The van der Waals surface area contributed by atoms with Crippen LogP contribution in [0, 0.1) is 0 Å². The van der Waals surface area contributed by atoms with Crippen LogP contribution in [0.2, 0.25) is 0 Å². The Kier molecular flexibility index (Phi) is 5.78. The SMILES string of the molecule is CC(=O)N1CCc2ccccc2C1CC(=O)Nc1cccc(C(=O)N(C)C)c1. The molecule has 1 aliphatic heterocycles. The molecule has 2 aromatic rings. The van der Waals surface area contributed by atoms with Gasteiger partial charge >= 0.3 is 0 Å². The highest BCUT2D eigenvalue weighted by Crippen LogP contribution is 2.32. The van der Waals surface area contributed by atoms with Crippen molar-refractivity contribution in [1.82, 2.24) is 9.80 Å².